The predicted molar refractivity (Wildman–Crippen MR) is 244 cm³/mol. The molecule has 5 N–H and O–H groups in total. The molecule has 14 nitrogen and oxygen atoms in total. The third kappa shape index (κ3) is 14.2. The standard InChI is InChI=1S/C50H80N2O12/c1-30-15-11-10-12-16-32(3)42(61-8)29-37-21-19-35(6)50(59,64-37)47(56)48(57)52-24-14-13-17-39(52)49(58)63-40(38(51)27-36-20-23-41(60-7)43(28-36)62-9)22-18-31(2)26-34(5)45(54)46(55)44(53)33(4)25-30/h10-12,15-16,26,30-31,33,35-43,45-46,54-55,59H,13-14,17-25,27-29,51H2,1-9H3/b12-10?,15-11+,32-16?,34-26+/t30-,31+,33-,35-,36+,37+,38-,39+,40+,41-,42+,43-,45-,46+,50-/m1/s1. The van der Waals surface area contributed by atoms with Crippen LogP contribution in [0.5, 0.6) is 0 Å². The molecule has 1 amide bonds. The summed E-state index contributed by atoms with van der Waals surface area (Å²) in [5.74, 6) is -6.76. The fourth-order valence-electron chi connectivity index (χ4n) is 10.1. The number of piperidine rings is 1. The third-order valence-electron chi connectivity index (χ3n) is 14.3. The smallest absolute Gasteiger partial charge is 0.329 e. The molecule has 0 aromatic carbocycles. The predicted octanol–water partition coefficient (Wildman–Crippen LogP) is 5.69. The van der Waals surface area contributed by atoms with Crippen LogP contribution in [0, 0.1) is 29.6 Å². The summed E-state index contributed by atoms with van der Waals surface area (Å²) in [4.78, 5) is 57.3. The van der Waals surface area contributed by atoms with E-state index in [1.54, 1.807) is 42.1 Å². The highest BCUT2D eigenvalue weighted by Gasteiger charge is 2.53. The summed E-state index contributed by atoms with van der Waals surface area (Å²) in [6, 6.07) is -1.65. The number of hydrogen-bond acceptors (Lipinski definition) is 13. The van der Waals surface area contributed by atoms with Crippen molar-refractivity contribution in [3.05, 3.63) is 47.6 Å². The maximum absolute atomic E-state index is 14.3. The Morgan fingerprint density at radius 3 is 2.20 bits per heavy atom. The summed E-state index contributed by atoms with van der Waals surface area (Å²) >= 11 is 0. The van der Waals surface area contributed by atoms with Crippen molar-refractivity contribution in [1.29, 1.82) is 0 Å². The van der Waals surface area contributed by atoms with Gasteiger partial charge < -0.3 is 49.6 Å². The molecule has 3 heterocycles. The quantitative estimate of drug-likeness (QED) is 0.144. The molecule has 14 heteroatoms. The lowest BCUT2D eigenvalue weighted by Gasteiger charge is -2.42. The number of cyclic esters (lactones) is 1. The van der Waals surface area contributed by atoms with Gasteiger partial charge in [-0.05, 0) is 120 Å². The second-order valence-electron chi connectivity index (χ2n) is 19.4. The summed E-state index contributed by atoms with van der Waals surface area (Å²) in [6.07, 6.45) is 13.5. The summed E-state index contributed by atoms with van der Waals surface area (Å²) in [5.41, 5.74) is 8.28. The number of esters is 1. The Labute approximate surface area is 382 Å². The van der Waals surface area contributed by atoms with Gasteiger partial charge in [-0.2, -0.15) is 0 Å². The van der Waals surface area contributed by atoms with Crippen molar-refractivity contribution in [1.82, 2.24) is 4.90 Å². The van der Waals surface area contributed by atoms with Crippen LogP contribution in [0.2, 0.25) is 0 Å². The normalized spacial score (nSPS) is 39.5. The maximum Gasteiger partial charge on any atom is 0.329 e. The Balaban J connectivity index is 1.66. The van der Waals surface area contributed by atoms with Crippen molar-refractivity contribution < 1.29 is 58.2 Å². The first-order valence-corrected chi connectivity index (χ1v) is 23.7. The lowest BCUT2D eigenvalue weighted by molar-refractivity contribution is -0.265. The number of aliphatic hydroxyl groups is 3. The molecule has 2 saturated heterocycles. The van der Waals surface area contributed by atoms with E-state index in [2.05, 4.69) is 0 Å². The second kappa shape index (κ2) is 25.2. The number of nitrogens with two attached hydrogens (primary N) is 1. The van der Waals surface area contributed by atoms with Gasteiger partial charge in [-0.1, -0.05) is 64.2 Å². The Morgan fingerprint density at radius 2 is 1.52 bits per heavy atom. The van der Waals surface area contributed by atoms with Gasteiger partial charge in [0.25, 0.3) is 11.7 Å². The molecule has 4 rings (SSSR count). The number of nitrogens with zero attached hydrogens (tertiary/aromatic N) is 1. The van der Waals surface area contributed by atoms with E-state index in [0.717, 1.165) is 24.8 Å². The first-order chi connectivity index (χ1) is 30.3. The van der Waals surface area contributed by atoms with Gasteiger partial charge in [0.2, 0.25) is 5.79 Å². The van der Waals surface area contributed by atoms with Gasteiger partial charge in [-0.3, -0.25) is 14.4 Å². The lowest BCUT2D eigenvalue weighted by atomic mass is 9.80. The Kier molecular flexibility index (Phi) is 21.0. The van der Waals surface area contributed by atoms with Crippen LogP contribution in [-0.4, -0.2) is 132 Å². The summed E-state index contributed by atoms with van der Waals surface area (Å²) in [6.45, 7) is 11.1. The second-order valence-corrected chi connectivity index (χ2v) is 19.4. The average Bonchev–Trinajstić information content (AvgIpc) is 3.28. The molecule has 2 bridgehead atoms. The van der Waals surface area contributed by atoms with Crippen molar-refractivity contribution in [3.8, 4) is 0 Å². The Hall–Kier alpha value is -3.08. The molecule has 0 aromatic rings. The van der Waals surface area contributed by atoms with Gasteiger partial charge in [0.1, 0.15) is 24.4 Å². The number of Topliss-reactive ketones (excluding diaryl/α,β-unsaturated/α-hetero) is 2. The highest BCUT2D eigenvalue weighted by Crippen LogP contribution is 2.37. The number of aliphatic hydroxyl groups excluding tert-OH is 2. The minimum Gasteiger partial charge on any atom is -0.459 e. The number of ether oxygens (including phenoxy) is 5. The Morgan fingerprint density at radius 1 is 0.797 bits per heavy atom. The molecule has 0 aromatic heterocycles. The molecule has 15 atom stereocenters. The number of amides is 1. The van der Waals surface area contributed by atoms with Crippen LogP contribution in [0.15, 0.2) is 47.6 Å². The molecule has 0 spiro atoms. The van der Waals surface area contributed by atoms with Crippen LogP contribution in [0.3, 0.4) is 0 Å². The highest BCUT2D eigenvalue weighted by molar-refractivity contribution is 6.39. The van der Waals surface area contributed by atoms with E-state index >= 15 is 0 Å². The van der Waals surface area contributed by atoms with Crippen LogP contribution in [0.25, 0.3) is 0 Å². The van der Waals surface area contributed by atoms with Crippen LogP contribution >= 0.6 is 0 Å². The van der Waals surface area contributed by atoms with Crippen molar-refractivity contribution >= 4 is 23.4 Å². The number of fused-ring (bicyclic) bond motifs is 3. The summed E-state index contributed by atoms with van der Waals surface area (Å²) in [5, 5.41) is 34.1. The maximum atomic E-state index is 14.3. The highest BCUT2D eigenvalue weighted by atomic mass is 16.6. The fourth-order valence-corrected chi connectivity index (χ4v) is 10.1. The van der Waals surface area contributed by atoms with E-state index in [9.17, 15) is 34.5 Å². The zero-order valence-corrected chi connectivity index (χ0v) is 40.0. The first-order valence-electron chi connectivity index (χ1n) is 23.7. The van der Waals surface area contributed by atoms with Crippen molar-refractivity contribution in [2.75, 3.05) is 27.9 Å². The zero-order valence-electron chi connectivity index (χ0n) is 40.0. The molecule has 64 heavy (non-hydrogen) atoms. The molecule has 3 aliphatic heterocycles. The summed E-state index contributed by atoms with van der Waals surface area (Å²) in [7, 11) is 4.93. The molecule has 1 saturated carbocycles. The van der Waals surface area contributed by atoms with E-state index in [0.29, 0.717) is 63.4 Å². The molecular formula is C50H80N2O12. The summed E-state index contributed by atoms with van der Waals surface area (Å²) < 4.78 is 29.7. The number of ketones is 2. The molecule has 3 fully saturated rings. The third-order valence-corrected chi connectivity index (χ3v) is 14.3. The van der Waals surface area contributed by atoms with Crippen molar-refractivity contribution in [2.24, 2.45) is 35.3 Å². The number of carbonyl (C=O) groups is 4. The number of rotatable bonds is 6. The molecule has 0 radical (unpaired) electrons. The molecular weight excluding hydrogens is 821 g/mol. The zero-order chi connectivity index (χ0) is 47.3. The van der Waals surface area contributed by atoms with E-state index in [1.807, 2.05) is 57.2 Å². The molecule has 0 unspecified atom stereocenters. The van der Waals surface area contributed by atoms with E-state index in [-0.39, 0.29) is 42.9 Å². The lowest BCUT2D eigenvalue weighted by Crippen LogP contribution is -2.61. The van der Waals surface area contributed by atoms with Gasteiger partial charge in [0.15, 0.2) is 5.78 Å². The van der Waals surface area contributed by atoms with E-state index < -0.39 is 83.7 Å². The number of carbonyl (C=O) groups excluding carboxylic acids is 4. The van der Waals surface area contributed by atoms with Gasteiger partial charge in [-0.15, -0.1) is 0 Å². The largest absolute Gasteiger partial charge is 0.459 e. The van der Waals surface area contributed by atoms with Gasteiger partial charge in [-0.25, -0.2) is 4.79 Å². The monoisotopic (exact) mass is 901 g/mol. The molecule has 4 aliphatic rings. The van der Waals surface area contributed by atoms with Gasteiger partial charge >= 0.3 is 5.97 Å². The minimum atomic E-state index is -2.40. The van der Waals surface area contributed by atoms with Gasteiger partial charge in [0.05, 0.1) is 24.4 Å². The van der Waals surface area contributed by atoms with Crippen LogP contribution in [0.1, 0.15) is 125 Å². The van der Waals surface area contributed by atoms with Crippen LogP contribution in [-0.2, 0) is 42.9 Å². The number of hydrogen-bond donors (Lipinski definition) is 4. The first kappa shape index (κ1) is 53.5. The van der Waals surface area contributed by atoms with E-state index in [4.69, 9.17) is 29.4 Å². The van der Waals surface area contributed by atoms with Gasteiger partial charge in [0, 0.05) is 52.2 Å². The van der Waals surface area contributed by atoms with Crippen LogP contribution in [0.4, 0.5) is 0 Å². The minimum absolute atomic E-state index is 0.00702. The number of methoxy groups -OCH3 is 3. The SMILES string of the molecule is CO[C@H]1C[C@@H]2CC[C@@H](C)[C@@](O)(O2)C(=O)C(=O)N2CCCC[C@H]2C(=O)O[C@H]([C@H](N)C[C@@H]2CC[C@@H](OC)[C@H](OC)C2)CC[C@H](C)/C=C(\C)[C@@H](O)[C@@H](O)C(=O)[C@H](C)C[C@H](C)/C=C/C=CC=C1C. The topological polar surface area (TPSA) is 204 Å². The molecule has 1 aliphatic carbocycles. The number of allylic oxidation sites excluding steroid dienone is 6. The fraction of sp³-hybridized carbons (Fsp3) is 0.760. The van der Waals surface area contributed by atoms with Crippen molar-refractivity contribution in [3.63, 3.8) is 0 Å². The molecule has 362 valence electrons. The Bertz CT molecular complexity index is 1680. The van der Waals surface area contributed by atoms with E-state index in [1.165, 1.54) is 4.90 Å². The average molecular weight is 901 g/mol. The van der Waals surface area contributed by atoms with Crippen molar-refractivity contribution in [2.45, 2.75) is 186 Å². The van der Waals surface area contributed by atoms with Crippen LogP contribution < -0.4 is 5.73 Å².